The number of benzene rings is 1. The van der Waals surface area contributed by atoms with Crippen molar-refractivity contribution in [2.45, 2.75) is 31.1 Å². The zero-order chi connectivity index (χ0) is 14.8. The fourth-order valence-corrected chi connectivity index (χ4v) is 4.75. The molecule has 0 spiro atoms. The second-order valence-electron chi connectivity index (χ2n) is 5.36. The third kappa shape index (κ3) is 4.33. The number of sulfonamides is 1. The molecule has 0 radical (unpaired) electrons. The minimum Gasteiger partial charge on any atom is -0.330 e. The molecule has 1 aliphatic rings. The maximum Gasteiger partial charge on any atom is 0.243 e. The van der Waals surface area contributed by atoms with Crippen molar-refractivity contribution < 1.29 is 8.42 Å². The Kier molecular flexibility index (Phi) is 6.94. The smallest absolute Gasteiger partial charge is 0.243 e. The zero-order valence-corrected chi connectivity index (χ0v) is 14.5. The first-order chi connectivity index (χ1) is 9.45. The lowest BCUT2D eigenvalue weighted by molar-refractivity contribution is 0.258. The van der Waals surface area contributed by atoms with Crippen LogP contribution in [0.1, 0.15) is 24.8 Å². The van der Waals surface area contributed by atoms with Gasteiger partial charge in [-0.15, -0.1) is 12.4 Å². The normalized spacial score (nSPS) is 20.0. The SMILES string of the molecule is Cc1cc(Cl)ccc1S(=O)(=O)N1CCCC(CCN)C1.Cl. The monoisotopic (exact) mass is 352 g/mol. The predicted molar refractivity (Wildman–Crippen MR) is 88.6 cm³/mol. The summed E-state index contributed by atoms with van der Waals surface area (Å²) >= 11 is 5.89. The topological polar surface area (TPSA) is 63.4 Å². The summed E-state index contributed by atoms with van der Waals surface area (Å²) in [6, 6.07) is 4.91. The molecule has 2 N–H and O–H groups in total. The van der Waals surface area contributed by atoms with Crippen LogP contribution in [0.5, 0.6) is 0 Å². The summed E-state index contributed by atoms with van der Waals surface area (Å²) in [7, 11) is -3.43. The van der Waals surface area contributed by atoms with Crippen molar-refractivity contribution in [1.82, 2.24) is 4.31 Å². The summed E-state index contributed by atoms with van der Waals surface area (Å²) in [5.74, 6) is 0.371. The van der Waals surface area contributed by atoms with Crippen LogP contribution in [0.15, 0.2) is 23.1 Å². The molecule has 0 aromatic heterocycles. The molecular weight excluding hydrogens is 331 g/mol. The quantitative estimate of drug-likeness (QED) is 0.905. The fraction of sp³-hybridized carbons (Fsp3) is 0.571. The third-order valence-corrected chi connectivity index (χ3v) is 6.07. The molecule has 1 aromatic rings. The first-order valence-electron chi connectivity index (χ1n) is 6.91. The van der Waals surface area contributed by atoms with E-state index >= 15 is 0 Å². The number of halogens is 2. The molecule has 0 saturated carbocycles. The van der Waals surface area contributed by atoms with Crippen molar-refractivity contribution in [1.29, 1.82) is 0 Å². The average molecular weight is 353 g/mol. The molecule has 2 rings (SSSR count). The molecule has 1 fully saturated rings. The molecule has 0 aliphatic carbocycles. The number of nitrogens with zero attached hydrogens (tertiary/aromatic N) is 1. The van der Waals surface area contributed by atoms with E-state index in [1.807, 2.05) is 0 Å². The number of rotatable bonds is 4. The summed E-state index contributed by atoms with van der Waals surface area (Å²) in [5.41, 5.74) is 6.28. The Labute approximate surface area is 138 Å². The summed E-state index contributed by atoms with van der Waals surface area (Å²) in [5, 5.41) is 0.557. The highest BCUT2D eigenvalue weighted by atomic mass is 35.5. The van der Waals surface area contributed by atoms with Gasteiger partial charge in [0, 0.05) is 18.1 Å². The van der Waals surface area contributed by atoms with Gasteiger partial charge in [-0.1, -0.05) is 11.6 Å². The van der Waals surface area contributed by atoms with Crippen LogP contribution in [0.3, 0.4) is 0 Å². The Bertz CT molecular complexity index is 576. The highest BCUT2D eigenvalue weighted by Crippen LogP contribution is 2.27. The molecule has 1 saturated heterocycles. The van der Waals surface area contributed by atoms with E-state index in [-0.39, 0.29) is 12.4 Å². The fourth-order valence-electron chi connectivity index (χ4n) is 2.76. The first kappa shape index (κ1) is 18.7. The van der Waals surface area contributed by atoms with Gasteiger partial charge in [0.2, 0.25) is 10.0 Å². The Morgan fingerprint density at radius 1 is 1.43 bits per heavy atom. The lowest BCUT2D eigenvalue weighted by atomic mass is 9.96. The number of hydrogen-bond donors (Lipinski definition) is 1. The van der Waals surface area contributed by atoms with Crippen LogP contribution in [0, 0.1) is 12.8 Å². The minimum absolute atomic E-state index is 0. The summed E-state index contributed by atoms with van der Waals surface area (Å²) in [6.45, 7) is 3.55. The van der Waals surface area contributed by atoms with E-state index in [4.69, 9.17) is 17.3 Å². The number of piperidine rings is 1. The highest BCUT2D eigenvalue weighted by Gasteiger charge is 2.30. The van der Waals surface area contributed by atoms with E-state index in [1.165, 1.54) is 0 Å². The summed E-state index contributed by atoms with van der Waals surface area (Å²) < 4.78 is 27.0. The minimum atomic E-state index is -3.43. The van der Waals surface area contributed by atoms with Crippen molar-refractivity contribution in [3.05, 3.63) is 28.8 Å². The van der Waals surface area contributed by atoms with Crippen LogP contribution in [-0.4, -0.2) is 32.4 Å². The van der Waals surface area contributed by atoms with Gasteiger partial charge >= 0.3 is 0 Å². The first-order valence-corrected chi connectivity index (χ1v) is 8.73. The molecule has 1 aromatic carbocycles. The van der Waals surface area contributed by atoms with Crippen LogP contribution in [0.25, 0.3) is 0 Å². The molecule has 0 amide bonds. The van der Waals surface area contributed by atoms with Gasteiger partial charge in [-0.3, -0.25) is 0 Å². The standard InChI is InChI=1S/C14H21ClN2O2S.ClH/c1-11-9-13(15)4-5-14(11)20(18,19)17-8-2-3-12(10-17)6-7-16;/h4-5,9,12H,2-3,6-8,10,16H2,1H3;1H. The Hall–Kier alpha value is -0.330. The summed E-state index contributed by atoms with van der Waals surface area (Å²) in [6.07, 6.45) is 2.84. The van der Waals surface area contributed by atoms with Crippen LogP contribution < -0.4 is 5.73 Å². The molecule has 1 unspecified atom stereocenters. The molecular formula is C14H22Cl2N2O2S. The molecule has 1 heterocycles. The van der Waals surface area contributed by atoms with Crippen LogP contribution >= 0.6 is 24.0 Å². The highest BCUT2D eigenvalue weighted by molar-refractivity contribution is 7.89. The Balaban J connectivity index is 0.00000220. The van der Waals surface area contributed by atoms with Crippen LogP contribution in [-0.2, 0) is 10.0 Å². The van der Waals surface area contributed by atoms with E-state index in [9.17, 15) is 8.42 Å². The van der Waals surface area contributed by atoms with Crippen LogP contribution in [0.4, 0.5) is 0 Å². The molecule has 4 nitrogen and oxygen atoms in total. The van der Waals surface area contributed by atoms with Gasteiger partial charge in [-0.05, 0) is 62.4 Å². The van der Waals surface area contributed by atoms with E-state index in [1.54, 1.807) is 29.4 Å². The molecule has 120 valence electrons. The zero-order valence-electron chi connectivity index (χ0n) is 12.1. The number of nitrogens with two attached hydrogens (primary N) is 1. The molecule has 1 aliphatic heterocycles. The maximum atomic E-state index is 12.7. The van der Waals surface area contributed by atoms with Gasteiger partial charge in [-0.25, -0.2) is 8.42 Å². The van der Waals surface area contributed by atoms with Gasteiger partial charge < -0.3 is 5.73 Å². The Morgan fingerprint density at radius 3 is 2.76 bits per heavy atom. The molecule has 1 atom stereocenters. The molecule has 0 bridgehead atoms. The number of aryl methyl sites for hydroxylation is 1. The lowest BCUT2D eigenvalue weighted by Gasteiger charge is -2.32. The van der Waals surface area contributed by atoms with Gasteiger partial charge in [0.05, 0.1) is 4.90 Å². The summed E-state index contributed by atoms with van der Waals surface area (Å²) in [4.78, 5) is 0.357. The second-order valence-corrected chi connectivity index (χ2v) is 7.70. The van der Waals surface area contributed by atoms with Gasteiger partial charge in [0.1, 0.15) is 0 Å². The predicted octanol–water partition coefficient (Wildman–Crippen LogP) is 2.82. The average Bonchev–Trinajstić information content (AvgIpc) is 2.39. The van der Waals surface area contributed by atoms with Crippen molar-refractivity contribution >= 4 is 34.0 Å². The maximum absolute atomic E-state index is 12.7. The molecule has 7 heteroatoms. The lowest BCUT2D eigenvalue weighted by Crippen LogP contribution is -2.40. The third-order valence-electron chi connectivity index (χ3n) is 3.81. The van der Waals surface area contributed by atoms with Crippen molar-refractivity contribution in [2.24, 2.45) is 11.7 Å². The largest absolute Gasteiger partial charge is 0.330 e. The van der Waals surface area contributed by atoms with Crippen LogP contribution in [0.2, 0.25) is 5.02 Å². The van der Waals surface area contributed by atoms with E-state index < -0.39 is 10.0 Å². The van der Waals surface area contributed by atoms with Crippen molar-refractivity contribution in [3.8, 4) is 0 Å². The van der Waals surface area contributed by atoms with Crippen molar-refractivity contribution in [3.63, 3.8) is 0 Å². The molecule has 21 heavy (non-hydrogen) atoms. The van der Waals surface area contributed by atoms with Gasteiger partial charge in [-0.2, -0.15) is 4.31 Å². The Morgan fingerprint density at radius 2 is 2.14 bits per heavy atom. The van der Waals surface area contributed by atoms with E-state index in [2.05, 4.69) is 0 Å². The van der Waals surface area contributed by atoms with Gasteiger partial charge in [0.25, 0.3) is 0 Å². The van der Waals surface area contributed by atoms with Gasteiger partial charge in [0.15, 0.2) is 0 Å². The number of hydrogen-bond acceptors (Lipinski definition) is 3. The second kappa shape index (κ2) is 7.79. The van der Waals surface area contributed by atoms with E-state index in [0.29, 0.717) is 41.0 Å². The van der Waals surface area contributed by atoms with E-state index in [0.717, 1.165) is 19.3 Å². The van der Waals surface area contributed by atoms with Crippen molar-refractivity contribution in [2.75, 3.05) is 19.6 Å².